The minimum absolute atomic E-state index is 0.0280. The summed E-state index contributed by atoms with van der Waals surface area (Å²) in [6.45, 7) is 0.136. The second-order valence-corrected chi connectivity index (χ2v) is 5.37. The summed E-state index contributed by atoms with van der Waals surface area (Å²) in [6.07, 6.45) is 1.40. The van der Waals surface area contributed by atoms with Crippen LogP contribution in [0.15, 0.2) is 60.7 Å². The van der Waals surface area contributed by atoms with Crippen LogP contribution in [-0.4, -0.2) is 17.6 Å². The number of benzene rings is 2. The van der Waals surface area contributed by atoms with E-state index in [2.05, 4.69) is 12.1 Å². The quantitative estimate of drug-likeness (QED) is 0.855. The molecule has 1 N–H and O–H groups in total. The summed E-state index contributed by atoms with van der Waals surface area (Å²) < 4.78 is 0. The summed E-state index contributed by atoms with van der Waals surface area (Å²) in [5, 5.41) is 9.04. The molecule has 3 nitrogen and oxygen atoms in total. The van der Waals surface area contributed by atoms with Crippen molar-refractivity contribution in [2.75, 3.05) is 11.5 Å². The van der Waals surface area contributed by atoms with Crippen LogP contribution in [0.4, 0.5) is 5.69 Å². The lowest BCUT2D eigenvalue weighted by molar-refractivity contribution is -0.130. The van der Waals surface area contributed by atoms with Gasteiger partial charge in [0.05, 0.1) is 12.0 Å². The molecule has 0 aromatic heterocycles. The molecule has 1 saturated heterocycles. The van der Waals surface area contributed by atoms with Crippen molar-refractivity contribution in [3.8, 4) is 0 Å². The molecule has 2 unspecified atom stereocenters. The molecular formula is C18H19NO2. The number of amides is 1. The molecule has 1 aliphatic heterocycles. The Morgan fingerprint density at radius 1 is 0.952 bits per heavy atom. The summed E-state index contributed by atoms with van der Waals surface area (Å²) in [6, 6.07) is 20.0. The molecule has 3 heteroatoms. The third-order valence-corrected chi connectivity index (χ3v) is 4.06. The van der Waals surface area contributed by atoms with E-state index in [0.29, 0.717) is 6.42 Å². The van der Waals surface area contributed by atoms with Gasteiger partial charge in [0.2, 0.25) is 5.91 Å². The van der Waals surface area contributed by atoms with Gasteiger partial charge in [0, 0.05) is 12.3 Å². The van der Waals surface area contributed by atoms with E-state index in [1.54, 1.807) is 0 Å². The predicted octanol–water partition coefficient (Wildman–Crippen LogP) is 3.16. The van der Waals surface area contributed by atoms with Crippen LogP contribution < -0.4 is 4.90 Å². The molecule has 2 atom stereocenters. The molecule has 1 amide bonds. The zero-order valence-electron chi connectivity index (χ0n) is 11.9. The second kappa shape index (κ2) is 6.10. The van der Waals surface area contributed by atoms with Gasteiger partial charge in [-0.25, -0.2) is 0 Å². The minimum atomic E-state index is -0.0280. The number of hydrogen-bond acceptors (Lipinski definition) is 2. The Morgan fingerprint density at radius 3 is 2.19 bits per heavy atom. The number of anilines is 1. The van der Waals surface area contributed by atoms with E-state index >= 15 is 0 Å². The monoisotopic (exact) mass is 281 g/mol. The topological polar surface area (TPSA) is 40.5 Å². The van der Waals surface area contributed by atoms with E-state index in [1.165, 1.54) is 0 Å². The highest BCUT2D eigenvalue weighted by molar-refractivity contribution is 6.03. The number of nitrogens with zero attached hydrogens (tertiary/aromatic N) is 1. The number of para-hydroxylation sites is 1. The van der Waals surface area contributed by atoms with Crippen molar-refractivity contribution in [2.45, 2.75) is 18.9 Å². The predicted molar refractivity (Wildman–Crippen MR) is 82.9 cm³/mol. The molecule has 0 spiro atoms. The lowest BCUT2D eigenvalue weighted by atomic mass is 9.79. The molecule has 0 radical (unpaired) electrons. The second-order valence-electron chi connectivity index (χ2n) is 5.37. The number of carbonyl (C=O) groups excluding carboxylic acids is 1. The molecular weight excluding hydrogens is 262 g/mol. The SMILES string of the molecule is O=C1C(CCCO)C(c2ccccc2)N1c1ccccc1. The molecule has 1 fully saturated rings. The van der Waals surface area contributed by atoms with E-state index in [4.69, 9.17) is 5.11 Å². The number of β-lactam (4-membered cyclic amide) rings is 1. The van der Waals surface area contributed by atoms with Crippen LogP contribution in [0.25, 0.3) is 0 Å². The van der Waals surface area contributed by atoms with E-state index in [-0.39, 0.29) is 24.5 Å². The number of aliphatic hydroxyl groups excluding tert-OH is 1. The van der Waals surface area contributed by atoms with Gasteiger partial charge < -0.3 is 10.0 Å². The summed E-state index contributed by atoms with van der Waals surface area (Å²) in [5.74, 6) is 0.128. The third-order valence-electron chi connectivity index (χ3n) is 4.06. The average Bonchev–Trinajstić information content (AvgIpc) is 2.54. The Kier molecular flexibility index (Phi) is 4.02. The van der Waals surface area contributed by atoms with Crippen molar-refractivity contribution in [3.63, 3.8) is 0 Å². The van der Waals surface area contributed by atoms with E-state index in [1.807, 2.05) is 53.4 Å². The molecule has 0 bridgehead atoms. The summed E-state index contributed by atoms with van der Waals surface area (Å²) in [4.78, 5) is 14.4. The van der Waals surface area contributed by atoms with Crippen molar-refractivity contribution < 1.29 is 9.90 Å². The summed E-state index contributed by atoms with van der Waals surface area (Å²) >= 11 is 0. The first-order chi connectivity index (χ1) is 10.3. The first-order valence-electron chi connectivity index (χ1n) is 7.37. The first-order valence-corrected chi connectivity index (χ1v) is 7.37. The molecule has 1 aliphatic rings. The molecule has 2 aromatic rings. The van der Waals surface area contributed by atoms with E-state index in [9.17, 15) is 4.79 Å². The maximum atomic E-state index is 12.5. The fourth-order valence-corrected chi connectivity index (χ4v) is 3.05. The van der Waals surface area contributed by atoms with Crippen molar-refractivity contribution in [2.24, 2.45) is 5.92 Å². The van der Waals surface area contributed by atoms with Gasteiger partial charge in [-0.15, -0.1) is 0 Å². The molecule has 2 aromatic carbocycles. The molecule has 21 heavy (non-hydrogen) atoms. The van der Waals surface area contributed by atoms with Crippen molar-refractivity contribution in [1.29, 1.82) is 0 Å². The Hall–Kier alpha value is -2.13. The van der Waals surface area contributed by atoms with E-state index < -0.39 is 0 Å². The van der Waals surface area contributed by atoms with Gasteiger partial charge in [-0.2, -0.15) is 0 Å². The number of aliphatic hydroxyl groups is 1. The highest BCUT2D eigenvalue weighted by Crippen LogP contribution is 2.45. The zero-order valence-corrected chi connectivity index (χ0v) is 11.9. The maximum absolute atomic E-state index is 12.5. The van der Waals surface area contributed by atoms with Crippen LogP contribution in [0.5, 0.6) is 0 Å². The molecule has 108 valence electrons. The van der Waals surface area contributed by atoms with Crippen molar-refractivity contribution >= 4 is 11.6 Å². The molecule has 0 saturated carbocycles. The Labute approximate surface area is 124 Å². The van der Waals surface area contributed by atoms with Crippen LogP contribution in [0.1, 0.15) is 24.4 Å². The van der Waals surface area contributed by atoms with Crippen LogP contribution >= 0.6 is 0 Å². The highest BCUT2D eigenvalue weighted by atomic mass is 16.3. The average molecular weight is 281 g/mol. The Balaban J connectivity index is 1.91. The fourth-order valence-electron chi connectivity index (χ4n) is 3.05. The van der Waals surface area contributed by atoms with Crippen LogP contribution in [0.3, 0.4) is 0 Å². The van der Waals surface area contributed by atoms with Crippen LogP contribution in [0.2, 0.25) is 0 Å². The number of rotatable bonds is 5. The molecule has 0 aliphatic carbocycles. The first kappa shape index (κ1) is 13.8. The fraction of sp³-hybridized carbons (Fsp3) is 0.278. The zero-order chi connectivity index (χ0) is 14.7. The number of hydrogen-bond donors (Lipinski definition) is 1. The molecule has 3 rings (SSSR count). The Morgan fingerprint density at radius 2 is 1.57 bits per heavy atom. The lowest BCUT2D eigenvalue weighted by Crippen LogP contribution is -2.55. The lowest BCUT2D eigenvalue weighted by Gasteiger charge is -2.47. The highest BCUT2D eigenvalue weighted by Gasteiger charge is 2.47. The summed E-state index contributed by atoms with van der Waals surface area (Å²) in [5.41, 5.74) is 2.10. The van der Waals surface area contributed by atoms with Gasteiger partial charge in [0.15, 0.2) is 0 Å². The Bertz CT molecular complexity index is 597. The van der Waals surface area contributed by atoms with Crippen molar-refractivity contribution in [3.05, 3.63) is 66.2 Å². The van der Waals surface area contributed by atoms with E-state index in [0.717, 1.165) is 17.7 Å². The number of carbonyl (C=O) groups is 1. The maximum Gasteiger partial charge on any atom is 0.233 e. The smallest absolute Gasteiger partial charge is 0.233 e. The largest absolute Gasteiger partial charge is 0.396 e. The van der Waals surface area contributed by atoms with Gasteiger partial charge in [0.1, 0.15) is 0 Å². The van der Waals surface area contributed by atoms with Gasteiger partial charge in [-0.3, -0.25) is 4.79 Å². The normalized spacial score (nSPS) is 21.2. The van der Waals surface area contributed by atoms with Gasteiger partial charge in [0.25, 0.3) is 0 Å². The van der Waals surface area contributed by atoms with Gasteiger partial charge >= 0.3 is 0 Å². The van der Waals surface area contributed by atoms with Crippen molar-refractivity contribution in [1.82, 2.24) is 0 Å². The summed E-state index contributed by atoms with van der Waals surface area (Å²) in [7, 11) is 0. The standard InChI is InChI=1S/C18H19NO2/c20-13-7-12-16-17(14-8-3-1-4-9-14)19(18(16)21)15-10-5-2-6-11-15/h1-6,8-11,16-17,20H,7,12-13H2. The third kappa shape index (κ3) is 2.57. The minimum Gasteiger partial charge on any atom is -0.396 e. The van der Waals surface area contributed by atoms with Crippen LogP contribution in [0, 0.1) is 5.92 Å². The molecule has 1 heterocycles. The van der Waals surface area contributed by atoms with Gasteiger partial charge in [-0.05, 0) is 30.5 Å². The van der Waals surface area contributed by atoms with Crippen LogP contribution in [-0.2, 0) is 4.79 Å². The van der Waals surface area contributed by atoms with Gasteiger partial charge in [-0.1, -0.05) is 48.5 Å².